The molecule has 0 aliphatic carbocycles. The van der Waals surface area contributed by atoms with Gasteiger partial charge in [-0.2, -0.15) is 5.10 Å². The number of rotatable bonds is 7. The Morgan fingerprint density at radius 2 is 2.21 bits per heavy atom. The molecule has 0 saturated heterocycles. The SMILES string of the molecule is CCCN(CCn1cc(Cl)cn1)Cc1nccn1C. The van der Waals surface area contributed by atoms with Crippen molar-refractivity contribution in [3.8, 4) is 0 Å². The van der Waals surface area contributed by atoms with E-state index in [0.29, 0.717) is 5.02 Å². The van der Waals surface area contributed by atoms with Gasteiger partial charge < -0.3 is 4.57 Å². The molecular weight excluding hydrogens is 262 g/mol. The van der Waals surface area contributed by atoms with Crippen LogP contribution in [0.25, 0.3) is 0 Å². The van der Waals surface area contributed by atoms with Gasteiger partial charge in [-0.15, -0.1) is 0 Å². The van der Waals surface area contributed by atoms with E-state index in [1.165, 1.54) is 0 Å². The molecule has 104 valence electrons. The lowest BCUT2D eigenvalue weighted by Gasteiger charge is -2.21. The van der Waals surface area contributed by atoms with E-state index in [0.717, 1.165) is 38.4 Å². The number of nitrogens with zero attached hydrogens (tertiary/aromatic N) is 5. The van der Waals surface area contributed by atoms with Crippen molar-refractivity contribution in [3.63, 3.8) is 0 Å². The van der Waals surface area contributed by atoms with Crippen molar-refractivity contribution in [3.05, 3.63) is 35.6 Å². The van der Waals surface area contributed by atoms with Crippen LogP contribution in [0.1, 0.15) is 19.2 Å². The second kappa shape index (κ2) is 6.73. The Kier molecular flexibility index (Phi) is 4.99. The third-order valence-corrected chi connectivity index (χ3v) is 3.27. The van der Waals surface area contributed by atoms with Crippen LogP contribution in [0.15, 0.2) is 24.8 Å². The first-order chi connectivity index (χ1) is 9.19. The second-order valence-corrected chi connectivity index (χ2v) is 5.09. The number of hydrogen-bond acceptors (Lipinski definition) is 3. The van der Waals surface area contributed by atoms with Gasteiger partial charge >= 0.3 is 0 Å². The van der Waals surface area contributed by atoms with Crippen molar-refractivity contribution in [2.24, 2.45) is 7.05 Å². The normalized spacial score (nSPS) is 11.4. The van der Waals surface area contributed by atoms with E-state index in [9.17, 15) is 0 Å². The third-order valence-electron chi connectivity index (χ3n) is 3.07. The molecule has 0 aliphatic rings. The van der Waals surface area contributed by atoms with Gasteiger partial charge in [-0.05, 0) is 13.0 Å². The van der Waals surface area contributed by atoms with E-state index >= 15 is 0 Å². The maximum atomic E-state index is 5.86. The van der Waals surface area contributed by atoms with E-state index in [1.807, 2.05) is 30.3 Å². The summed E-state index contributed by atoms with van der Waals surface area (Å²) in [4.78, 5) is 6.76. The fourth-order valence-corrected chi connectivity index (χ4v) is 2.20. The summed E-state index contributed by atoms with van der Waals surface area (Å²) in [5.74, 6) is 1.09. The topological polar surface area (TPSA) is 38.9 Å². The minimum atomic E-state index is 0.686. The van der Waals surface area contributed by atoms with Gasteiger partial charge in [0.05, 0.1) is 24.3 Å². The van der Waals surface area contributed by atoms with Crippen LogP contribution in [0.3, 0.4) is 0 Å². The Labute approximate surface area is 118 Å². The van der Waals surface area contributed by atoms with E-state index in [2.05, 4.69) is 26.5 Å². The van der Waals surface area contributed by atoms with Crippen LogP contribution in [-0.2, 0) is 20.1 Å². The van der Waals surface area contributed by atoms with Gasteiger partial charge in [0.15, 0.2) is 0 Å². The number of imidazole rings is 1. The van der Waals surface area contributed by atoms with Crippen LogP contribution < -0.4 is 0 Å². The summed E-state index contributed by atoms with van der Waals surface area (Å²) in [7, 11) is 2.03. The molecule has 0 bridgehead atoms. The van der Waals surface area contributed by atoms with Crippen LogP contribution in [0.4, 0.5) is 0 Å². The highest BCUT2D eigenvalue weighted by Gasteiger charge is 2.08. The molecule has 0 radical (unpaired) electrons. The minimum Gasteiger partial charge on any atom is -0.337 e. The molecule has 0 aliphatic heterocycles. The molecule has 0 amide bonds. The highest BCUT2D eigenvalue weighted by molar-refractivity contribution is 6.30. The standard InChI is InChI=1S/C13H20ClN5/c1-3-5-18(11-13-15-4-6-17(13)2)7-8-19-10-12(14)9-16-19/h4,6,9-10H,3,5,7-8,11H2,1-2H3. The maximum Gasteiger partial charge on any atom is 0.122 e. The Balaban J connectivity index is 1.90. The number of hydrogen-bond donors (Lipinski definition) is 0. The molecule has 2 aromatic rings. The first-order valence-electron chi connectivity index (χ1n) is 6.55. The molecule has 2 rings (SSSR count). The molecule has 2 aromatic heterocycles. The predicted octanol–water partition coefficient (Wildman–Crippen LogP) is 2.18. The summed E-state index contributed by atoms with van der Waals surface area (Å²) in [5, 5.41) is 4.89. The molecule has 6 heteroatoms. The molecule has 5 nitrogen and oxygen atoms in total. The van der Waals surface area contributed by atoms with Crippen molar-refractivity contribution in [1.29, 1.82) is 0 Å². The molecule has 0 aromatic carbocycles. The van der Waals surface area contributed by atoms with Crippen LogP contribution in [-0.4, -0.2) is 37.3 Å². The quantitative estimate of drug-likeness (QED) is 0.781. The van der Waals surface area contributed by atoms with Gasteiger partial charge in [0.1, 0.15) is 5.82 Å². The van der Waals surface area contributed by atoms with Gasteiger partial charge in [-0.25, -0.2) is 4.98 Å². The minimum absolute atomic E-state index is 0.686. The fraction of sp³-hybridized carbons (Fsp3) is 0.538. The largest absolute Gasteiger partial charge is 0.337 e. The highest BCUT2D eigenvalue weighted by Crippen LogP contribution is 2.06. The second-order valence-electron chi connectivity index (χ2n) is 4.65. The lowest BCUT2D eigenvalue weighted by molar-refractivity contribution is 0.243. The Hall–Kier alpha value is -1.33. The van der Waals surface area contributed by atoms with Gasteiger partial charge in [0.25, 0.3) is 0 Å². The average Bonchev–Trinajstić information content (AvgIpc) is 2.96. The molecule has 0 N–H and O–H groups in total. The predicted molar refractivity (Wildman–Crippen MR) is 76.0 cm³/mol. The summed E-state index contributed by atoms with van der Waals surface area (Å²) < 4.78 is 3.94. The zero-order valence-corrected chi connectivity index (χ0v) is 12.2. The zero-order chi connectivity index (χ0) is 13.7. The van der Waals surface area contributed by atoms with Crippen molar-refractivity contribution in [1.82, 2.24) is 24.2 Å². The van der Waals surface area contributed by atoms with Crippen molar-refractivity contribution >= 4 is 11.6 Å². The Morgan fingerprint density at radius 3 is 2.79 bits per heavy atom. The highest BCUT2D eigenvalue weighted by atomic mass is 35.5. The summed E-state index contributed by atoms with van der Waals surface area (Å²) in [6.45, 7) is 5.90. The average molecular weight is 282 g/mol. The van der Waals surface area contributed by atoms with E-state index < -0.39 is 0 Å². The van der Waals surface area contributed by atoms with Crippen LogP contribution >= 0.6 is 11.6 Å². The fourth-order valence-electron chi connectivity index (χ4n) is 2.04. The molecule has 0 unspecified atom stereocenters. The molecule has 0 saturated carbocycles. The lowest BCUT2D eigenvalue weighted by atomic mass is 10.3. The van der Waals surface area contributed by atoms with E-state index in [1.54, 1.807) is 6.20 Å². The van der Waals surface area contributed by atoms with Gasteiger partial charge in [-0.1, -0.05) is 18.5 Å². The first-order valence-corrected chi connectivity index (χ1v) is 6.93. The van der Waals surface area contributed by atoms with Gasteiger partial charge in [-0.3, -0.25) is 9.58 Å². The number of aromatic nitrogens is 4. The molecular formula is C13H20ClN5. The number of halogens is 1. The Morgan fingerprint density at radius 1 is 1.37 bits per heavy atom. The summed E-state index contributed by atoms with van der Waals surface area (Å²) in [6, 6.07) is 0. The van der Waals surface area contributed by atoms with Crippen LogP contribution in [0.5, 0.6) is 0 Å². The first kappa shape index (κ1) is 14.1. The summed E-state index contributed by atoms with van der Waals surface area (Å²) in [6.07, 6.45) is 8.47. The van der Waals surface area contributed by atoms with Crippen molar-refractivity contribution in [2.45, 2.75) is 26.4 Å². The summed E-state index contributed by atoms with van der Waals surface area (Å²) in [5.41, 5.74) is 0. The molecule has 0 atom stereocenters. The monoisotopic (exact) mass is 281 g/mol. The molecule has 0 spiro atoms. The third kappa shape index (κ3) is 4.08. The van der Waals surface area contributed by atoms with Crippen molar-refractivity contribution < 1.29 is 0 Å². The van der Waals surface area contributed by atoms with Crippen molar-refractivity contribution in [2.75, 3.05) is 13.1 Å². The van der Waals surface area contributed by atoms with E-state index in [4.69, 9.17) is 11.6 Å². The lowest BCUT2D eigenvalue weighted by Crippen LogP contribution is -2.29. The maximum absolute atomic E-state index is 5.86. The Bertz CT molecular complexity index is 505. The van der Waals surface area contributed by atoms with Gasteiger partial charge in [0, 0.05) is 32.2 Å². The molecule has 2 heterocycles. The van der Waals surface area contributed by atoms with Crippen LogP contribution in [0.2, 0.25) is 5.02 Å². The number of aryl methyl sites for hydroxylation is 1. The van der Waals surface area contributed by atoms with Gasteiger partial charge in [0.2, 0.25) is 0 Å². The molecule has 19 heavy (non-hydrogen) atoms. The van der Waals surface area contributed by atoms with E-state index in [-0.39, 0.29) is 0 Å². The smallest absolute Gasteiger partial charge is 0.122 e. The van der Waals surface area contributed by atoms with Crippen LogP contribution in [0, 0.1) is 0 Å². The molecule has 0 fully saturated rings. The summed E-state index contributed by atoms with van der Waals surface area (Å²) >= 11 is 5.86. The zero-order valence-electron chi connectivity index (χ0n) is 11.5.